The maximum atomic E-state index is 15.6. The van der Waals surface area contributed by atoms with Crippen molar-refractivity contribution < 1.29 is 27.9 Å². The van der Waals surface area contributed by atoms with Gasteiger partial charge in [0.25, 0.3) is 0 Å². The number of anilines is 2. The van der Waals surface area contributed by atoms with E-state index in [2.05, 4.69) is 11.7 Å². The van der Waals surface area contributed by atoms with Crippen LogP contribution < -0.4 is 9.80 Å². The first-order valence-corrected chi connectivity index (χ1v) is 12.3. The lowest BCUT2D eigenvalue weighted by atomic mass is 10.1. The number of hydrogen-bond acceptors (Lipinski definition) is 8. The average Bonchev–Trinajstić information content (AvgIpc) is 3.60. The number of methoxy groups -OCH3 is 1. The number of nitrogens with zero attached hydrogens (tertiary/aromatic N) is 3. The van der Waals surface area contributed by atoms with Gasteiger partial charge in [-0.15, -0.1) is 0 Å². The Morgan fingerprint density at radius 3 is 2.29 bits per heavy atom. The van der Waals surface area contributed by atoms with Gasteiger partial charge in [0, 0.05) is 32.3 Å². The van der Waals surface area contributed by atoms with E-state index < -0.39 is 12.1 Å². The maximum Gasteiger partial charge on any atom is 0.206 e. The van der Waals surface area contributed by atoms with Crippen LogP contribution in [0.3, 0.4) is 0 Å². The number of morpholine rings is 1. The summed E-state index contributed by atoms with van der Waals surface area (Å²) in [5.74, 6) is 0.0109. The van der Waals surface area contributed by atoms with Gasteiger partial charge in [0.2, 0.25) is 5.58 Å². The molecule has 2 fully saturated rings. The van der Waals surface area contributed by atoms with Crippen molar-refractivity contribution in [3.05, 3.63) is 30.2 Å². The molecule has 2 aliphatic rings. The molecular formula is C25H42FN3O5. The van der Waals surface area contributed by atoms with E-state index >= 15 is 4.39 Å². The van der Waals surface area contributed by atoms with Crippen molar-refractivity contribution in [1.82, 2.24) is 5.16 Å². The first kappa shape index (κ1) is 29.8. The molecule has 1 aromatic carbocycles. The van der Waals surface area contributed by atoms with Gasteiger partial charge in [-0.25, -0.2) is 4.39 Å². The molecule has 9 heteroatoms. The number of fused-ring (bicyclic) bond motifs is 1. The Labute approximate surface area is 203 Å². The van der Waals surface area contributed by atoms with E-state index in [0.717, 1.165) is 0 Å². The molecule has 0 atom stereocenters. The molecule has 194 valence electrons. The largest absolute Gasteiger partial charge is 0.383 e. The molecule has 0 aliphatic carbocycles. The highest BCUT2D eigenvalue weighted by Crippen LogP contribution is 2.41. The van der Waals surface area contributed by atoms with Crippen LogP contribution in [-0.4, -0.2) is 64.9 Å². The molecule has 2 aromatic rings. The van der Waals surface area contributed by atoms with Crippen LogP contribution >= 0.6 is 0 Å². The minimum Gasteiger partial charge on any atom is -0.383 e. The van der Waals surface area contributed by atoms with Crippen LogP contribution in [0.25, 0.3) is 11.0 Å². The first-order valence-electron chi connectivity index (χ1n) is 12.3. The molecule has 0 spiro atoms. The Kier molecular flexibility index (Phi) is 14.4. The average molecular weight is 484 g/mol. The van der Waals surface area contributed by atoms with Crippen LogP contribution in [-0.2, 0) is 18.9 Å². The summed E-state index contributed by atoms with van der Waals surface area (Å²) in [6.45, 7) is 20.0. The molecular weight excluding hydrogens is 441 g/mol. The van der Waals surface area contributed by atoms with Crippen LogP contribution in [0.15, 0.2) is 23.4 Å². The van der Waals surface area contributed by atoms with Crippen molar-refractivity contribution in [2.75, 3.05) is 69.6 Å². The number of rotatable bonds is 7. The zero-order chi connectivity index (χ0) is 25.5. The summed E-state index contributed by atoms with van der Waals surface area (Å²) in [7, 11) is 1.61. The quantitative estimate of drug-likeness (QED) is 0.510. The fourth-order valence-electron chi connectivity index (χ4n) is 3.54. The standard InChI is InChI=1S/C19H24FN3O5.3C2H6/c1-3-22(4-7-24-2)18-14-12-13(19-26-10-11-27-19)16(15(20)17(14)28-21-18)23-5-8-25-9-6-23;3*1-2/h3,12,19H,1,4-11H2,2H3;3*1-2H3. The monoisotopic (exact) mass is 483 g/mol. The molecule has 2 aliphatic heterocycles. The van der Waals surface area contributed by atoms with E-state index in [1.54, 1.807) is 18.2 Å². The Balaban J connectivity index is 0.000000894. The topological polar surface area (TPSA) is 69.4 Å². The van der Waals surface area contributed by atoms with E-state index in [9.17, 15) is 0 Å². The molecule has 3 heterocycles. The predicted molar refractivity (Wildman–Crippen MR) is 135 cm³/mol. The smallest absolute Gasteiger partial charge is 0.206 e. The molecule has 0 amide bonds. The number of halogens is 1. The van der Waals surface area contributed by atoms with E-state index in [-0.39, 0.29) is 5.58 Å². The van der Waals surface area contributed by atoms with Crippen molar-refractivity contribution in [3.63, 3.8) is 0 Å². The molecule has 34 heavy (non-hydrogen) atoms. The SMILES string of the molecule is C=CN(CCOC)c1noc2c(F)c(N3CCOCC3)c(C3OCCO3)cc12.CC.CC.CC. The Morgan fingerprint density at radius 2 is 1.74 bits per heavy atom. The normalized spacial score (nSPS) is 15.5. The molecule has 8 nitrogen and oxygen atoms in total. The van der Waals surface area contributed by atoms with Crippen LogP contribution in [0.5, 0.6) is 0 Å². The molecule has 0 saturated carbocycles. The van der Waals surface area contributed by atoms with Gasteiger partial charge in [0.1, 0.15) is 0 Å². The van der Waals surface area contributed by atoms with Crippen molar-refractivity contribution in [2.45, 2.75) is 47.8 Å². The number of ether oxygens (including phenoxy) is 4. The van der Waals surface area contributed by atoms with E-state index in [1.807, 2.05) is 52.5 Å². The van der Waals surface area contributed by atoms with E-state index in [4.69, 9.17) is 23.5 Å². The minimum absolute atomic E-state index is 0.0995. The lowest BCUT2D eigenvalue weighted by Crippen LogP contribution is -2.37. The lowest BCUT2D eigenvalue weighted by Gasteiger charge is -2.31. The van der Waals surface area contributed by atoms with Gasteiger partial charge in [0.15, 0.2) is 17.9 Å². The Morgan fingerprint density at radius 1 is 1.12 bits per heavy atom. The van der Waals surface area contributed by atoms with Crippen molar-refractivity contribution in [3.8, 4) is 0 Å². The summed E-state index contributed by atoms with van der Waals surface area (Å²) in [5, 5.41) is 4.63. The predicted octanol–water partition coefficient (Wildman–Crippen LogP) is 5.52. The van der Waals surface area contributed by atoms with Gasteiger partial charge in [-0.05, 0) is 12.3 Å². The van der Waals surface area contributed by atoms with Crippen LogP contribution in [0.4, 0.5) is 15.9 Å². The molecule has 2 saturated heterocycles. The van der Waals surface area contributed by atoms with Crippen LogP contribution in [0.2, 0.25) is 0 Å². The molecule has 0 bridgehead atoms. The summed E-state index contributed by atoms with van der Waals surface area (Å²) >= 11 is 0. The third-order valence-corrected chi connectivity index (χ3v) is 4.92. The second-order valence-electron chi connectivity index (χ2n) is 6.55. The van der Waals surface area contributed by atoms with Gasteiger partial charge in [-0.3, -0.25) is 0 Å². The lowest BCUT2D eigenvalue weighted by molar-refractivity contribution is -0.0439. The minimum atomic E-state index is -0.629. The van der Waals surface area contributed by atoms with Gasteiger partial charge >= 0.3 is 0 Å². The van der Waals surface area contributed by atoms with Crippen LogP contribution in [0, 0.1) is 5.82 Å². The van der Waals surface area contributed by atoms with Gasteiger partial charge in [-0.2, -0.15) is 0 Å². The fourth-order valence-corrected chi connectivity index (χ4v) is 3.54. The summed E-state index contributed by atoms with van der Waals surface area (Å²) < 4.78 is 42.9. The zero-order valence-electron chi connectivity index (χ0n) is 21.9. The van der Waals surface area contributed by atoms with Crippen LogP contribution in [0.1, 0.15) is 53.4 Å². The maximum absolute atomic E-state index is 15.6. The van der Waals surface area contributed by atoms with Crippen molar-refractivity contribution >= 4 is 22.5 Å². The van der Waals surface area contributed by atoms with Gasteiger partial charge in [0.05, 0.1) is 44.1 Å². The fraction of sp³-hybridized carbons (Fsp3) is 0.640. The van der Waals surface area contributed by atoms with Crippen molar-refractivity contribution in [1.29, 1.82) is 0 Å². The van der Waals surface area contributed by atoms with Gasteiger partial charge in [-0.1, -0.05) is 53.3 Å². The number of aromatic nitrogens is 1. The van der Waals surface area contributed by atoms with E-state index in [1.165, 1.54) is 0 Å². The Hall–Kier alpha value is -2.20. The highest BCUT2D eigenvalue weighted by atomic mass is 19.1. The summed E-state index contributed by atoms with van der Waals surface area (Å²) in [4.78, 5) is 3.71. The number of benzene rings is 1. The first-order chi connectivity index (χ1) is 16.7. The molecule has 0 radical (unpaired) electrons. The summed E-state index contributed by atoms with van der Waals surface area (Å²) in [6, 6.07) is 1.84. The highest BCUT2D eigenvalue weighted by Gasteiger charge is 2.31. The highest BCUT2D eigenvalue weighted by molar-refractivity contribution is 5.93. The Bertz CT molecular complexity index is 834. The third-order valence-electron chi connectivity index (χ3n) is 4.92. The summed E-state index contributed by atoms with van der Waals surface area (Å²) in [5.41, 5.74) is 1.15. The van der Waals surface area contributed by atoms with Gasteiger partial charge < -0.3 is 33.3 Å². The molecule has 1 aromatic heterocycles. The summed E-state index contributed by atoms with van der Waals surface area (Å²) in [6.07, 6.45) is 0.988. The molecule has 4 rings (SSSR count). The number of hydrogen-bond donors (Lipinski definition) is 0. The zero-order valence-corrected chi connectivity index (χ0v) is 21.9. The second-order valence-corrected chi connectivity index (χ2v) is 6.55. The molecule has 0 N–H and O–H groups in total. The van der Waals surface area contributed by atoms with E-state index in [0.29, 0.717) is 75.1 Å². The molecule has 0 unspecified atom stereocenters. The van der Waals surface area contributed by atoms with Crippen molar-refractivity contribution in [2.24, 2.45) is 0 Å². The third kappa shape index (κ3) is 6.91. The second kappa shape index (κ2) is 16.4.